The van der Waals surface area contributed by atoms with E-state index >= 15 is 0 Å². The zero-order chi connectivity index (χ0) is 15.5. The van der Waals surface area contributed by atoms with Crippen molar-refractivity contribution in [3.63, 3.8) is 0 Å². The predicted molar refractivity (Wildman–Crippen MR) is 91.2 cm³/mol. The molecule has 0 aromatic carbocycles. The maximum Gasteiger partial charge on any atom is 0.226 e. The number of aryl methyl sites for hydroxylation is 1. The Morgan fingerprint density at radius 1 is 1.36 bits per heavy atom. The van der Waals surface area contributed by atoms with Crippen LogP contribution < -0.4 is 4.90 Å². The minimum atomic E-state index is 0.290. The number of amides is 1. The molecule has 1 N–H and O–H groups in total. The van der Waals surface area contributed by atoms with Crippen LogP contribution in [0.4, 0.5) is 0 Å². The van der Waals surface area contributed by atoms with E-state index in [-0.39, 0.29) is 0 Å². The molecule has 2 fully saturated rings. The lowest BCUT2D eigenvalue weighted by Crippen LogP contribution is -3.11. The van der Waals surface area contributed by atoms with E-state index in [4.69, 9.17) is 0 Å². The van der Waals surface area contributed by atoms with E-state index in [2.05, 4.69) is 30.2 Å². The van der Waals surface area contributed by atoms with Crippen LogP contribution in [-0.4, -0.2) is 37.0 Å². The predicted octanol–water partition coefficient (Wildman–Crippen LogP) is 2.11. The standard InChI is InChI=1S/C18H28N2OS/c1-14-4-3-8-20(12-14)18(21)16-5-9-19(10-6-16)13-17-15(2)7-11-22-17/h7,11,14,16H,3-6,8-10,12-13H2,1-2H3/p+1/t14-/m0/s1. The number of thiophene rings is 1. The zero-order valence-electron chi connectivity index (χ0n) is 13.9. The van der Waals surface area contributed by atoms with Gasteiger partial charge in [0.1, 0.15) is 6.54 Å². The van der Waals surface area contributed by atoms with Gasteiger partial charge in [-0.05, 0) is 42.7 Å². The molecule has 122 valence electrons. The number of rotatable bonds is 3. The molecule has 3 nitrogen and oxygen atoms in total. The van der Waals surface area contributed by atoms with Crippen LogP contribution in [0.1, 0.15) is 43.0 Å². The maximum atomic E-state index is 12.7. The molecule has 1 atom stereocenters. The van der Waals surface area contributed by atoms with E-state index in [9.17, 15) is 4.79 Å². The van der Waals surface area contributed by atoms with E-state index in [1.807, 2.05) is 11.3 Å². The summed E-state index contributed by atoms with van der Waals surface area (Å²) in [7, 11) is 0. The van der Waals surface area contributed by atoms with Gasteiger partial charge in [-0.3, -0.25) is 4.79 Å². The van der Waals surface area contributed by atoms with Gasteiger partial charge in [0.25, 0.3) is 0 Å². The van der Waals surface area contributed by atoms with Gasteiger partial charge in [-0.25, -0.2) is 0 Å². The Morgan fingerprint density at radius 2 is 2.14 bits per heavy atom. The van der Waals surface area contributed by atoms with Gasteiger partial charge in [-0.2, -0.15) is 0 Å². The summed E-state index contributed by atoms with van der Waals surface area (Å²) in [6.45, 7) is 9.90. The zero-order valence-corrected chi connectivity index (χ0v) is 14.8. The fourth-order valence-electron chi connectivity index (χ4n) is 3.91. The highest BCUT2D eigenvalue weighted by atomic mass is 32.1. The van der Waals surface area contributed by atoms with Crippen molar-refractivity contribution in [2.45, 2.75) is 46.1 Å². The summed E-state index contributed by atoms with van der Waals surface area (Å²) in [6.07, 6.45) is 4.62. The summed E-state index contributed by atoms with van der Waals surface area (Å²) in [5.41, 5.74) is 1.43. The average Bonchev–Trinajstić information content (AvgIpc) is 2.92. The van der Waals surface area contributed by atoms with Crippen LogP contribution in [0.25, 0.3) is 0 Å². The summed E-state index contributed by atoms with van der Waals surface area (Å²) in [4.78, 5) is 18.0. The van der Waals surface area contributed by atoms with Gasteiger partial charge in [0.15, 0.2) is 0 Å². The second-order valence-electron chi connectivity index (χ2n) is 7.26. The summed E-state index contributed by atoms with van der Waals surface area (Å²) >= 11 is 1.88. The van der Waals surface area contributed by atoms with Crippen molar-refractivity contribution in [1.82, 2.24) is 4.90 Å². The Balaban J connectivity index is 1.49. The average molecular weight is 322 g/mol. The lowest BCUT2D eigenvalue weighted by atomic mass is 9.92. The van der Waals surface area contributed by atoms with E-state index in [1.165, 1.54) is 23.3 Å². The van der Waals surface area contributed by atoms with E-state index in [0.29, 0.717) is 17.7 Å². The highest BCUT2D eigenvalue weighted by Gasteiger charge is 2.32. The highest BCUT2D eigenvalue weighted by Crippen LogP contribution is 2.21. The van der Waals surface area contributed by atoms with Gasteiger partial charge in [0, 0.05) is 31.8 Å². The largest absolute Gasteiger partial charge is 0.342 e. The van der Waals surface area contributed by atoms with Crippen LogP contribution in [0.5, 0.6) is 0 Å². The molecule has 22 heavy (non-hydrogen) atoms. The molecule has 0 spiro atoms. The SMILES string of the molecule is Cc1ccsc1C[NH+]1CCC(C(=O)N2CCC[C@H](C)C2)CC1. The summed E-state index contributed by atoms with van der Waals surface area (Å²) < 4.78 is 0. The first-order chi connectivity index (χ1) is 10.6. The first-order valence-corrected chi connectivity index (χ1v) is 9.66. The van der Waals surface area contributed by atoms with Crippen molar-refractivity contribution < 1.29 is 9.69 Å². The minimum absolute atomic E-state index is 0.290. The first kappa shape index (κ1) is 16.0. The Bertz CT molecular complexity index is 505. The lowest BCUT2D eigenvalue weighted by molar-refractivity contribution is -0.919. The van der Waals surface area contributed by atoms with Gasteiger partial charge in [0.2, 0.25) is 5.91 Å². The number of nitrogens with zero attached hydrogens (tertiary/aromatic N) is 1. The van der Waals surface area contributed by atoms with Crippen molar-refractivity contribution in [3.05, 3.63) is 21.9 Å². The second kappa shape index (κ2) is 7.14. The number of piperidine rings is 2. The number of hydrogen-bond donors (Lipinski definition) is 1. The molecule has 4 heteroatoms. The van der Waals surface area contributed by atoms with Gasteiger partial charge in [-0.1, -0.05) is 6.92 Å². The van der Waals surface area contributed by atoms with Crippen LogP contribution >= 0.6 is 11.3 Å². The highest BCUT2D eigenvalue weighted by molar-refractivity contribution is 7.10. The molecule has 0 unspecified atom stereocenters. The topological polar surface area (TPSA) is 24.8 Å². The van der Waals surface area contributed by atoms with Crippen LogP contribution in [0.15, 0.2) is 11.4 Å². The Kier molecular flexibility index (Phi) is 5.19. The number of carbonyl (C=O) groups excluding carboxylic acids is 1. The van der Waals surface area contributed by atoms with Crippen LogP contribution in [0.2, 0.25) is 0 Å². The van der Waals surface area contributed by atoms with Crippen molar-refractivity contribution >= 4 is 17.2 Å². The van der Waals surface area contributed by atoms with Crippen molar-refractivity contribution in [1.29, 1.82) is 0 Å². The van der Waals surface area contributed by atoms with Crippen LogP contribution in [0, 0.1) is 18.8 Å². The molecule has 3 rings (SSSR count). The van der Waals surface area contributed by atoms with Gasteiger partial charge < -0.3 is 9.80 Å². The van der Waals surface area contributed by atoms with Gasteiger partial charge in [0.05, 0.1) is 18.0 Å². The van der Waals surface area contributed by atoms with E-state index in [1.54, 1.807) is 4.90 Å². The third-order valence-electron chi connectivity index (χ3n) is 5.39. The van der Waals surface area contributed by atoms with E-state index in [0.717, 1.165) is 45.6 Å². The molecule has 0 radical (unpaired) electrons. The Hall–Kier alpha value is -0.870. The van der Waals surface area contributed by atoms with Crippen molar-refractivity contribution in [2.75, 3.05) is 26.2 Å². The molecular weight excluding hydrogens is 292 g/mol. The molecule has 0 aliphatic carbocycles. The molecule has 0 saturated carbocycles. The monoisotopic (exact) mass is 321 g/mol. The minimum Gasteiger partial charge on any atom is -0.342 e. The molecule has 3 heterocycles. The fourth-order valence-corrected chi connectivity index (χ4v) is 4.89. The second-order valence-corrected chi connectivity index (χ2v) is 8.26. The molecular formula is C18H29N2OS+. The van der Waals surface area contributed by atoms with Gasteiger partial charge >= 0.3 is 0 Å². The van der Waals surface area contributed by atoms with E-state index < -0.39 is 0 Å². The summed E-state index contributed by atoms with van der Waals surface area (Å²) in [6, 6.07) is 2.22. The third-order valence-corrected chi connectivity index (χ3v) is 6.41. The Labute approximate surface area is 138 Å². The summed E-state index contributed by atoms with van der Waals surface area (Å²) in [5, 5.41) is 2.19. The molecule has 0 bridgehead atoms. The maximum absolute atomic E-state index is 12.7. The quantitative estimate of drug-likeness (QED) is 0.906. The molecule has 1 aromatic heterocycles. The van der Waals surface area contributed by atoms with Crippen molar-refractivity contribution in [3.8, 4) is 0 Å². The van der Waals surface area contributed by atoms with Crippen LogP contribution in [-0.2, 0) is 11.3 Å². The number of hydrogen-bond acceptors (Lipinski definition) is 2. The smallest absolute Gasteiger partial charge is 0.226 e. The Morgan fingerprint density at radius 3 is 2.77 bits per heavy atom. The molecule has 2 saturated heterocycles. The number of quaternary nitrogens is 1. The molecule has 1 aromatic rings. The van der Waals surface area contributed by atoms with Gasteiger partial charge in [-0.15, -0.1) is 11.3 Å². The first-order valence-electron chi connectivity index (χ1n) is 8.79. The van der Waals surface area contributed by atoms with Crippen molar-refractivity contribution in [2.24, 2.45) is 11.8 Å². The lowest BCUT2D eigenvalue weighted by Gasteiger charge is -2.36. The number of nitrogens with one attached hydrogen (secondary N) is 1. The molecule has 2 aliphatic heterocycles. The van der Waals surface area contributed by atoms with Crippen LogP contribution in [0.3, 0.4) is 0 Å². The fraction of sp³-hybridized carbons (Fsp3) is 0.722. The third kappa shape index (κ3) is 3.72. The normalized spacial score (nSPS) is 29.5. The number of likely N-dealkylation sites (tertiary alicyclic amines) is 2. The summed E-state index contributed by atoms with van der Waals surface area (Å²) in [5.74, 6) is 1.42. The number of carbonyl (C=O) groups is 1. The molecule has 1 amide bonds. The molecule has 2 aliphatic rings.